The smallest absolute Gasteiger partial charge is 0.337 e. The van der Waals surface area contributed by atoms with Crippen molar-refractivity contribution in [3.63, 3.8) is 0 Å². The van der Waals surface area contributed by atoms with E-state index in [-0.39, 0.29) is 19.0 Å². The topological polar surface area (TPSA) is 68.7 Å². The maximum Gasteiger partial charge on any atom is 0.337 e. The van der Waals surface area contributed by atoms with Crippen LogP contribution >= 0.6 is 0 Å². The standard InChI is InChI=1S/C16H15F2NO4/c1-2-22-15(16(20)21)14-12(17)7-11(8-13(14)18)23-9-10-5-3-4-6-19-10/h3-8,15H,2,9H2,1H3,(H,20,21). The average Bonchev–Trinajstić information content (AvgIpc) is 2.52. The third-order valence-electron chi connectivity index (χ3n) is 2.99. The Labute approximate surface area is 131 Å². The number of hydrogen-bond acceptors (Lipinski definition) is 4. The van der Waals surface area contributed by atoms with Crippen molar-refractivity contribution in [2.45, 2.75) is 19.6 Å². The van der Waals surface area contributed by atoms with Gasteiger partial charge in [0.15, 0.2) is 6.10 Å². The minimum atomic E-state index is -1.70. The van der Waals surface area contributed by atoms with Crippen molar-refractivity contribution in [2.75, 3.05) is 6.61 Å². The molecule has 0 bridgehead atoms. The summed E-state index contributed by atoms with van der Waals surface area (Å²) < 4.78 is 38.4. The number of halogens is 2. The Bertz CT molecular complexity index is 656. The van der Waals surface area contributed by atoms with Gasteiger partial charge in [0.1, 0.15) is 24.0 Å². The molecule has 0 amide bonds. The van der Waals surface area contributed by atoms with Gasteiger partial charge in [0.05, 0.1) is 11.3 Å². The van der Waals surface area contributed by atoms with Gasteiger partial charge in [-0.25, -0.2) is 13.6 Å². The van der Waals surface area contributed by atoms with Crippen LogP contribution in [-0.2, 0) is 16.1 Å². The van der Waals surface area contributed by atoms with Crippen molar-refractivity contribution in [2.24, 2.45) is 0 Å². The lowest BCUT2D eigenvalue weighted by Gasteiger charge is -2.15. The van der Waals surface area contributed by atoms with E-state index in [2.05, 4.69) is 4.98 Å². The van der Waals surface area contributed by atoms with E-state index in [0.717, 1.165) is 12.1 Å². The van der Waals surface area contributed by atoms with Gasteiger partial charge in [-0.05, 0) is 19.1 Å². The van der Waals surface area contributed by atoms with Gasteiger partial charge in [0.2, 0.25) is 0 Å². The molecule has 2 rings (SSSR count). The summed E-state index contributed by atoms with van der Waals surface area (Å²) in [7, 11) is 0. The van der Waals surface area contributed by atoms with Crippen LogP contribution in [-0.4, -0.2) is 22.7 Å². The molecule has 5 nitrogen and oxygen atoms in total. The van der Waals surface area contributed by atoms with E-state index in [1.54, 1.807) is 24.4 Å². The maximum atomic E-state index is 14.1. The Morgan fingerprint density at radius 1 is 1.30 bits per heavy atom. The molecule has 1 unspecified atom stereocenters. The molecule has 2 aromatic rings. The Morgan fingerprint density at radius 2 is 2.00 bits per heavy atom. The molecule has 1 N–H and O–H groups in total. The lowest BCUT2D eigenvalue weighted by atomic mass is 10.1. The number of ether oxygens (including phenoxy) is 2. The largest absolute Gasteiger partial charge is 0.487 e. The summed E-state index contributed by atoms with van der Waals surface area (Å²) in [5.74, 6) is -3.61. The Hall–Kier alpha value is -2.54. The van der Waals surface area contributed by atoms with Crippen molar-refractivity contribution in [1.29, 1.82) is 0 Å². The van der Waals surface area contributed by atoms with E-state index in [1.165, 1.54) is 6.92 Å². The fraction of sp³-hybridized carbons (Fsp3) is 0.250. The van der Waals surface area contributed by atoms with Crippen LogP contribution in [0.25, 0.3) is 0 Å². The maximum absolute atomic E-state index is 14.1. The molecule has 1 heterocycles. The lowest BCUT2D eigenvalue weighted by molar-refractivity contribution is -0.151. The predicted octanol–water partition coefficient (Wildman–Crippen LogP) is 3.10. The molecule has 0 fully saturated rings. The first-order valence-corrected chi connectivity index (χ1v) is 6.89. The normalized spacial score (nSPS) is 12.0. The molecule has 0 aliphatic heterocycles. The Morgan fingerprint density at radius 3 is 2.52 bits per heavy atom. The molecule has 7 heteroatoms. The second-order valence-electron chi connectivity index (χ2n) is 4.58. The van der Waals surface area contributed by atoms with Crippen molar-refractivity contribution >= 4 is 5.97 Å². The number of nitrogens with zero attached hydrogens (tertiary/aromatic N) is 1. The van der Waals surface area contributed by atoms with Crippen molar-refractivity contribution in [3.05, 3.63) is 59.4 Å². The van der Waals surface area contributed by atoms with Gasteiger partial charge in [0.25, 0.3) is 0 Å². The van der Waals surface area contributed by atoms with Gasteiger partial charge in [-0.2, -0.15) is 0 Å². The number of carboxylic acid groups (broad SMARTS) is 1. The number of carbonyl (C=O) groups is 1. The lowest BCUT2D eigenvalue weighted by Crippen LogP contribution is -2.18. The van der Waals surface area contributed by atoms with Gasteiger partial charge in [-0.15, -0.1) is 0 Å². The quantitative estimate of drug-likeness (QED) is 0.848. The molecule has 23 heavy (non-hydrogen) atoms. The van der Waals surface area contributed by atoms with E-state index in [4.69, 9.17) is 14.6 Å². The van der Waals surface area contributed by atoms with Crippen molar-refractivity contribution < 1.29 is 28.2 Å². The van der Waals surface area contributed by atoms with Crippen molar-refractivity contribution in [1.82, 2.24) is 4.98 Å². The zero-order valence-corrected chi connectivity index (χ0v) is 12.3. The van der Waals surface area contributed by atoms with Crippen LogP contribution in [0, 0.1) is 11.6 Å². The number of hydrogen-bond donors (Lipinski definition) is 1. The van der Waals surface area contributed by atoms with E-state index in [9.17, 15) is 13.6 Å². The van der Waals surface area contributed by atoms with E-state index >= 15 is 0 Å². The molecule has 0 saturated heterocycles. The molecule has 1 aromatic heterocycles. The summed E-state index contributed by atoms with van der Waals surface area (Å²) in [6.07, 6.45) is -0.132. The summed E-state index contributed by atoms with van der Waals surface area (Å²) in [6.45, 7) is 1.58. The average molecular weight is 323 g/mol. The van der Waals surface area contributed by atoms with Gasteiger partial charge in [0, 0.05) is 24.9 Å². The highest BCUT2D eigenvalue weighted by Crippen LogP contribution is 2.28. The molecule has 0 saturated carbocycles. The molecule has 0 radical (unpaired) electrons. The van der Waals surface area contributed by atoms with Crippen LogP contribution in [0.4, 0.5) is 8.78 Å². The van der Waals surface area contributed by atoms with E-state index in [1.807, 2.05) is 0 Å². The molecule has 1 aromatic carbocycles. The van der Waals surface area contributed by atoms with Crippen molar-refractivity contribution in [3.8, 4) is 5.75 Å². The molecule has 0 aliphatic rings. The van der Waals surface area contributed by atoms with Crippen LogP contribution in [0.1, 0.15) is 24.3 Å². The molecular formula is C16H15F2NO4. The predicted molar refractivity (Wildman–Crippen MR) is 76.9 cm³/mol. The second kappa shape index (κ2) is 7.64. The third-order valence-corrected chi connectivity index (χ3v) is 2.99. The first-order valence-electron chi connectivity index (χ1n) is 6.89. The highest BCUT2D eigenvalue weighted by atomic mass is 19.1. The summed E-state index contributed by atoms with van der Waals surface area (Å²) in [5, 5.41) is 9.03. The number of benzene rings is 1. The summed E-state index contributed by atoms with van der Waals surface area (Å²) in [6, 6.07) is 7.05. The molecule has 0 aliphatic carbocycles. The highest BCUT2D eigenvalue weighted by molar-refractivity contribution is 5.74. The number of aromatic nitrogens is 1. The fourth-order valence-corrected chi connectivity index (χ4v) is 1.98. The zero-order valence-electron chi connectivity index (χ0n) is 12.3. The number of pyridine rings is 1. The first kappa shape index (κ1) is 16.8. The Kier molecular flexibility index (Phi) is 5.59. The van der Waals surface area contributed by atoms with Crippen LogP contribution in [0.3, 0.4) is 0 Å². The second-order valence-corrected chi connectivity index (χ2v) is 4.58. The summed E-state index contributed by atoms with van der Waals surface area (Å²) in [4.78, 5) is 15.1. The van der Waals surface area contributed by atoms with E-state index < -0.39 is 29.3 Å². The molecular weight excluding hydrogens is 308 g/mol. The summed E-state index contributed by atoms with van der Waals surface area (Å²) >= 11 is 0. The van der Waals surface area contributed by atoms with Gasteiger partial charge >= 0.3 is 5.97 Å². The summed E-state index contributed by atoms with van der Waals surface area (Å²) in [5.41, 5.74) is -0.0559. The van der Waals surface area contributed by atoms with Gasteiger partial charge < -0.3 is 14.6 Å². The molecule has 122 valence electrons. The minimum absolute atomic E-state index is 0.00771. The van der Waals surface area contributed by atoms with Crippen LogP contribution < -0.4 is 4.74 Å². The third kappa shape index (κ3) is 4.23. The number of rotatable bonds is 7. The molecule has 1 atom stereocenters. The monoisotopic (exact) mass is 323 g/mol. The number of carboxylic acids is 1. The molecule has 0 spiro atoms. The van der Waals surface area contributed by atoms with E-state index in [0.29, 0.717) is 5.69 Å². The Balaban J connectivity index is 2.21. The van der Waals surface area contributed by atoms with Crippen LogP contribution in [0.5, 0.6) is 5.75 Å². The number of aliphatic carboxylic acids is 1. The van der Waals surface area contributed by atoms with Crippen LogP contribution in [0.2, 0.25) is 0 Å². The first-order chi connectivity index (χ1) is 11.0. The highest BCUT2D eigenvalue weighted by Gasteiger charge is 2.28. The zero-order chi connectivity index (χ0) is 16.8. The minimum Gasteiger partial charge on any atom is -0.487 e. The fourth-order valence-electron chi connectivity index (χ4n) is 1.98. The van der Waals surface area contributed by atoms with Crippen LogP contribution in [0.15, 0.2) is 36.5 Å². The van der Waals surface area contributed by atoms with Gasteiger partial charge in [-0.3, -0.25) is 4.98 Å². The van der Waals surface area contributed by atoms with Gasteiger partial charge in [-0.1, -0.05) is 6.07 Å². The SMILES string of the molecule is CCOC(C(=O)O)c1c(F)cc(OCc2ccccn2)cc1F.